The molecule has 72 valence electrons. The monoisotopic (exact) mass is 180 g/mol. The number of hydrazine groups is 1. The van der Waals surface area contributed by atoms with Gasteiger partial charge in [-0.1, -0.05) is 35.4 Å². The SMILES string of the molecule is Cc1ccc(C)cc1.N=C(N)NN. The Kier molecular flexibility index (Phi) is 5.30. The van der Waals surface area contributed by atoms with Gasteiger partial charge in [-0.15, -0.1) is 0 Å². The van der Waals surface area contributed by atoms with Crippen LogP contribution >= 0.6 is 0 Å². The van der Waals surface area contributed by atoms with Gasteiger partial charge in [0, 0.05) is 0 Å². The predicted molar refractivity (Wildman–Crippen MR) is 55.2 cm³/mol. The second-order valence-electron chi connectivity index (χ2n) is 2.71. The molecule has 0 unspecified atom stereocenters. The average molecular weight is 180 g/mol. The smallest absolute Gasteiger partial charge is 0.200 e. The first-order valence-corrected chi connectivity index (χ1v) is 3.90. The number of rotatable bonds is 0. The first-order chi connectivity index (χ1) is 6.06. The summed E-state index contributed by atoms with van der Waals surface area (Å²) in [4.78, 5) is 0. The summed E-state index contributed by atoms with van der Waals surface area (Å²) >= 11 is 0. The van der Waals surface area contributed by atoms with E-state index in [9.17, 15) is 0 Å². The molecule has 4 nitrogen and oxygen atoms in total. The molecule has 0 atom stereocenters. The fourth-order valence-electron chi connectivity index (χ4n) is 0.637. The Balaban J connectivity index is 0.000000252. The van der Waals surface area contributed by atoms with Crippen molar-refractivity contribution >= 4 is 5.96 Å². The number of guanidine groups is 1. The third kappa shape index (κ3) is 6.83. The number of hydrogen-bond donors (Lipinski definition) is 4. The molecule has 0 aliphatic carbocycles. The highest BCUT2D eigenvalue weighted by molar-refractivity contribution is 5.73. The lowest BCUT2D eigenvalue weighted by Gasteiger charge is -1.90. The third-order valence-electron chi connectivity index (χ3n) is 1.37. The third-order valence-corrected chi connectivity index (χ3v) is 1.37. The van der Waals surface area contributed by atoms with Gasteiger partial charge in [-0.3, -0.25) is 10.8 Å². The molecule has 6 N–H and O–H groups in total. The van der Waals surface area contributed by atoms with Crippen molar-refractivity contribution in [3.8, 4) is 0 Å². The second-order valence-corrected chi connectivity index (χ2v) is 2.71. The van der Waals surface area contributed by atoms with Crippen LogP contribution in [-0.4, -0.2) is 5.96 Å². The number of aryl methyl sites for hydroxylation is 2. The molecule has 1 rings (SSSR count). The van der Waals surface area contributed by atoms with Crippen molar-refractivity contribution in [2.75, 3.05) is 0 Å². The maximum atomic E-state index is 6.28. The van der Waals surface area contributed by atoms with E-state index in [-0.39, 0.29) is 5.96 Å². The van der Waals surface area contributed by atoms with Crippen molar-refractivity contribution in [3.05, 3.63) is 35.4 Å². The lowest BCUT2D eigenvalue weighted by molar-refractivity contribution is 0.995. The van der Waals surface area contributed by atoms with Gasteiger partial charge in [0.15, 0.2) is 5.96 Å². The molecule has 0 amide bonds. The van der Waals surface area contributed by atoms with Crippen molar-refractivity contribution in [1.82, 2.24) is 5.43 Å². The van der Waals surface area contributed by atoms with E-state index < -0.39 is 0 Å². The first kappa shape index (κ1) is 11.4. The second kappa shape index (κ2) is 6.02. The van der Waals surface area contributed by atoms with Crippen molar-refractivity contribution in [2.45, 2.75) is 13.8 Å². The molecule has 0 radical (unpaired) electrons. The molecule has 0 spiro atoms. The van der Waals surface area contributed by atoms with Crippen LogP contribution < -0.4 is 17.0 Å². The zero-order chi connectivity index (χ0) is 10.3. The summed E-state index contributed by atoms with van der Waals surface area (Å²) in [6, 6.07) is 8.48. The summed E-state index contributed by atoms with van der Waals surface area (Å²) in [7, 11) is 0. The maximum Gasteiger partial charge on any atom is 0.200 e. The van der Waals surface area contributed by atoms with E-state index in [0.717, 1.165) is 0 Å². The van der Waals surface area contributed by atoms with Crippen LogP contribution in [0.25, 0.3) is 0 Å². The van der Waals surface area contributed by atoms with Crippen LogP contribution in [0.15, 0.2) is 24.3 Å². The Morgan fingerprint density at radius 2 is 1.38 bits per heavy atom. The molecule has 0 aromatic heterocycles. The highest BCUT2D eigenvalue weighted by atomic mass is 15.3. The lowest BCUT2D eigenvalue weighted by atomic mass is 10.2. The summed E-state index contributed by atoms with van der Waals surface area (Å²) in [6.07, 6.45) is 0. The summed E-state index contributed by atoms with van der Waals surface area (Å²) in [5.41, 5.74) is 9.19. The van der Waals surface area contributed by atoms with Crippen LogP contribution in [0.3, 0.4) is 0 Å². The van der Waals surface area contributed by atoms with E-state index >= 15 is 0 Å². The largest absolute Gasteiger partial charge is 0.369 e. The summed E-state index contributed by atoms with van der Waals surface area (Å²) < 4.78 is 0. The van der Waals surface area contributed by atoms with Gasteiger partial charge in [-0.05, 0) is 13.8 Å². The van der Waals surface area contributed by atoms with Crippen molar-refractivity contribution in [2.24, 2.45) is 11.6 Å². The number of nitrogens with two attached hydrogens (primary N) is 2. The molecule has 0 aliphatic heterocycles. The molecule has 13 heavy (non-hydrogen) atoms. The standard InChI is InChI=1S/C8H10.CH6N4/c1-7-3-5-8(2)6-4-7;2-1(3)5-4/h3-6H,1-2H3;4H2,(H4,2,3,5). The van der Waals surface area contributed by atoms with Gasteiger partial charge in [0.1, 0.15) is 0 Å². The fraction of sp³-hybridized carbons (Fsp3) is 0.222. The Labute approximate surface area is 78.4 Å². The number of nitrogens with one attached hydrogen (secondary N) is 2. The van der Waals surface area contributed by atoms with Crippen LogP contribution in [0.1, 0.15) is 11.1 Å². The first-order valence-electron chi connectivity index (χ1n) is 3.90. The zero-order valence-corrected chi connectivity index (χ0v) is 7.96. The van der Waals surface area contributed by atoms with Gasteiger partial charge in [-0.2, -0.15) is 0 Å². The molecule has 0 saturated heterocycles. The van der Waals surface area contributed by atoms with Crippen molar-refractivity contribution < 1.29 is 0 Å². The van der Waals surface area contributed by atoms with Gasteiger partial charge >= 0.3 is 0 Å². The van der Waals surface area contributed by atoms with Gasteiger partial charge in [0.25, 0.3) is 0 Å². The molecule has 0 aliphatic rings. The molecule has 4 heteroatoms. The highest BCUT2D eigenvalue weighted by Crippen LogP contribution is 1.99. The zero-order valence-electron chi connectivity index (χ0n) is 7.96. The average Bonchev–Trinajstić information content (AvgIpc) is 2.11. The topological polar surface area (TPSA) is 87.9 Å². The van der Waals surface area contributed by atoms with Crippen LogP contribution in [-0.2, 0) is 0 Å². The lowest BCUT2D eigenvalue weighted by Crippen LogP contribution is -2.35. The molecule has 1 aromatic rings. The quantitative estimate of drug-likeness (QED) is 0.204. The minimum absolute atomic E-state index is 0.218. The molecule has 0 fully saturated rings. The van der Waals surface area contributed by atoms with E-state index in [1.165, 1.54) is 11.1 Å². The molecule has 0 bridgehead atoms. The van der Waals surface area contributed by atoms with Crippen LogP contribution in [0.4, 0.5) is 0 Å². The van der Waals surface area contributed by atoms with E-state index in [4.69, 9.17) is 5.41 Å². The molecular formula is C9H16N4. The van der Waals surface area contributed by atoms with Crippen LogP contribution in [0.5, 0.6) is 0 Å². The van der Waals surface area contributed by atoms with Crippen LogP contribution in [0, 0.1) is 19.3 Å². The van der Waals surface area contributed by atoms with Gasteiger partial charge in [0.2, 0.25) is 0 Å². The Hall–Kier alpha value is -1.55. The molecular weight excluding hydrogens is 164 g/mol. The molecule has 1 aromatic carbocycles. The molecule has 0 heterocycles. The van der Waals surface area contributed by atoms with Crippen LogP contribution in [0.2, 0.25) is 0 Å². The molecule has 0 saturated carbocycles. The predicted octanol–water partition coefficient (Wildman–Crippen LogP) is 0.647. The summed E-state index contributed by atoms with van der Waals surface area (Å²) in [5, 5.41) is 6.28. The van der Waals surface area contributed by atoms with Crippen molar-refractivity contribution in [1.29, 1.82) is 5.41 Å². The summed E-state index contributed by atoms with van der Waals surface area (Å²) in [6.45, 7) is 4.19. The number of benzene rings is 1. The minimum Gasteiger partial charge on any atom is -0.369 e. The van der Waals surface area contributed by atoms with E-state index in [2.05, 4.69) is 49.7 Å². The minimum atomic E-state index is -0.218. The van der Waals surface area contributed by atoms with E-state index in [1.54, 1.807) is 0 Å². The Morgan fingerprint density at radius 1 is 1.15 bits per heavy atom. The fourth-order valence-corrected chi connectivity index (χ4v) is 0.637. The van der Waals surface area contributed by atoms with E-state index in [0.29, 0.717) is 0 Å². The van der Waals surface area contributed by atoms with Gasteiger partial charge in [0.05, 0.1) is 0 Å². The van der Waals surface area contributed by atoms with Gasteiger partial charge in [-0.25, -0.2) is 5.84 Å². The van der Waals surface area contributed by atoms with E-state index in [1.807, 2.05) is 5.43 Å². The van der Waals surface area contributed by atoms with Crippen molar-refractivity contribution in [3.63, 3.8) is 0 Å². The number of hydrogen-bond acceptors (Lipinski definition) is 2. The highest BCUT2D eigenvalue weighted by Gasteiger charge is 1.79. The Bertz CT molecular complexity index is 232. The maximum absolute atomic E-state index is 6.28. The Morgan fingerprint density at radius 3 is 1.54 bits per heavy atom. The summed E-state index contributed by atoms with van der Waals surface area (Å²) in [5.74, 6) is 4.35. The normalized spacial score (nSPS) is 8.23. The van der Waals surface area contributed by atoms with Gasteiger partial charge < -0.3 is 5.73 Å².